The Kier molecular flexibility index (Phi) is 3.74. The van der Waals surface area contributed by atoms with E-state index in [-0.39, 0.29) is 19.5 Å². The van der Waals surface area contributed by atoms with Crippen molar-refractivity contribution in [3.8, 4) is 6.07 Å². The molecule has 0 spiro atoms. The summed E-state index contributed by atoms with van der Waals surface area (Å²) in [6.45, 7) is 1.28. The zero-order chi connectivity index (χ0) is 15.8. The number of carboxylic acid groups (broad SMARTS) is 1. The highest BCUT2D eigenvalue weighted by Gasteiger charge is 2.45. The smallest absolute Gasteiger partial charge is 0.310 e. The fourth-order valence-electron chi connectivity index (χ4n) is 2.27. The van der Waals surface area contributed by atoms with E-state index < -0.39 is 37.7 Å². The van der Waals surface area contributed by atoms with Crippen molar-refractivity contribution in [3.05, 3.63) is 29.6 Å². The monoisotopic (exact) mass is 312 g/mol. The highest BCUT2D eigenvalue weighted by atomic mass is 32.2. The van der Waals surface area contributed by atoms with Gasteiger partial charge in [0.05, 0.1) is 5.41 Å². The van der Waals surface area contributed by atoms with E-state index in [2.05, 4.69) is 0 Å². The minimum absolute atomic E-state index is 0.0204. The van der Waals surface area contributed by atoms with Gasteiger partial charge in [-0.05, 0) is 25.5 Å². The van der Waals surface area contributed by atoms with Crippen molar-refractivity contribution in [1.29, 1.82) is 5.26 Å². The van der Waals surface area contributed by atoms with Gasteiger partial charge in [-0.2, -0.15) is 9.57 Å². The number of nitrogens with zero attached hydrogens (tertiary/aromatic N) is 2. The van der Waals surface area contributed by atoms with Gasteiger partial charge in [0.2, 0.25) is 10.0 Å². The first-order valence-corrected chi connectivity index (χ1v) is 7.58. The predicted octanol–water partition coefficient (Wildman–Crippen LogP) is 1.18. The number of benzene rings is 1. The number of aliphatic carboxylic acids is 1. The molecule has 0 aliphatic carbocycles. The standard InChI is InChI=1S/C13H13FN2O4S/c1-13(12(17)18)5-6-16(8-13)21(19,20)11-4-2-3-10(14)9(11)7-15/h2-4H,5-6,8H2,1H3,(H,17,18). The van der Waals surface area contributed by atoms with Gasteiger partial charge in [0.15, 0.2) is 0 Å². The van der Waals surface area contributed by atoms with Crippen LogP contribution in [0.1, 0.15) is 18.9 Å². The van der Waals surface area contributed by atoms with Gasteiger partial charge in [-0.3, -0.25) is 4.79 Å². The fourth-order valence-corrected chi connectivity index (χ4v) is 3.98. The molecule has 1 unspecified atom stereocenters. The Hall–Kier alpha value is -1.98. The van der Waals surface area contributed by atoms with Crippen LogP contribution in [-0.2, 0) is 14.8 Å². The highest BCUT2D eigenvalue weighted by molar-refractivity contribution is 7.89. The zero-order valence-electron chi connectivity index (χ0n) is 11.2. The van der Waals surface area contributed by atoms with Crippen LogP contribution in [0.5, 0.6) is 0 Å². The molecular formula is C13H13FN2O4S. The fraction of sp³-hybridized carbons (Fsp3) is 0.385. The SMILES string of the molecule is CC1(C(=O)O)CCN(S(=O)(=O)c2cccc(F)c2C#N)C1. The van der Waals surface area contributed by atoms with Gasteiger partial charge in [-0.1, -0.05) is 6.07 Å². The molecule has 1 atom stereocenters. The maximum Gasteiger partial charge on any atom is 0.310 e. The number of hydrogen-bond acceptors (Lipinski definition) is 4. The number of carboxylic acids is 1. The first-order valence-electron chi connectivity index (χ1n) is 6.14. The van der Waals surface area contributed by atoms with Crippen molar-refractivity contribution in [1.82, 2.24) is 4.31 Å². The molecule has 1 N–H and O–H groups in total. The molecule has 1 aromatic rings. The maximum absolute atomic E-state index is 13.5. The summed E-state index contributed by atoms with van der Waals surface area (Å²) in [5, 5.41) is 18.1. The first-order chi connectivity index (χ1) is 9.72. The molecule has 1 aliphatic heterocycles. The second-order valence-corrected chi connectivity index (χ2v) is 7.09. The third-order valence-corrected chi connectivity index (χ3v) is 5.55. The molecule has 1 heterocycles. The molecule has 1 saturated heterocycles. The number of sulfonamides is 1. The van der Waals surface area contributed by atoms with E-state index in [9.17, 15) is 17.6 Å². The lowest BCUT2D eigenvalue weighted by Crippen LogP contribution is -2.35. The molecule has 1 aromatic carbocycles. The average Bonchev–Trinajstić information content (AvgIpc) is 2.83. The van der Waals surface area contributed by atoms with Crippen molar-refractivity contribution >= 4 is 16.0 Å². The van der Waals surface area contributed by atoms with Crippen molar-refractivity contribution in [2.75, 3.05) is 13.1 Å². The Morgan fingerprint density at radius 2 is 2.19 bits per heavy atom. The van der Waals surface area contributed by atoms with Crippen molar-refractivity contribution in [3.63, 3.8) is 0 Å². The van der Waals surface area contributed by atoms with Gasteiger partial charge in [-0.25, -0.2) is 12.8 Å². The molecule has 112 valence electrons. The van der Waals surface area contributed by atoms with E-state index in [1.165, 1.54) is 19.1 Å². The van der Waals surface area contributed by atoms with Crippen molar-refractivity contribution < 1.29 is 22.7 Å². The first kappa shape index (κ1) is 15.4. The van der Waals surface area contributed by atoms with E-state index in [1.807, 2.05) is 0 Å². The summed E-state index contributed by atoms with van der Waals surface area (Å²) in [7, 11) is -4.10. The Bertz CT molecular complexity index is 741. The number of carbonyl (C=O) groups is 1. The van der Waals surface area contributed by atoms with Crippen LogP contribution in [-0.4, -0.2) is 36.9 Å². The summed E-state index contributed by atoms with van der Waals surface area (Å²) in [5.41, 5.74) is -1.73. The van der Waals surface area contributed by atoms with Crippen LogP contribution >= 0.6 is 0 Å². The predicted molar refractivity (Wildman–Crippen MR) is 70.2 cm³/mol. The van der Waals surface area contributed by atoms with Crippen LogP contribution in [0.25, 0.3) is 0 Å². The van der Waals surface area contributed by atoms with Gasteiger partial charge in [0, 0.05) is 13.1 Å². The van der Waals surface area contributed by atoms with Crippen molar-refractivity contribution in [2.45, 2.75) is 18.2 Å². The number of nitriles is 1. The molecule has 2 rings (SSSR count). The summed E-state index contributed by atoms with van der Waals surface area (Å²) < 4.78 is 39.5. The van der Waals surface area contributed by atoms with Gasteiger partial charge in [0.25, 0.3) is 0 Å². The molecule has 1 fully saturated rings. The Labute approximate surface area is 121 Å². The van der Waals surface area contributed by atoms with E-state index in [4.69, 9.17) is 10.4 Å². The molecule has 1 aliphatic rings. The lowest BCUT2D eigenvalue weighted by atomic mass is 9.90. The Balaban J connectivity index is 2.44. The normalized spacial score (nSPS) is 22.9. The maximum atomic E-state index is 13.5. The van der Waals surface area contributed by atoms with E-state index in [1.54, 1.807) is 0 Å². The van der Waals surface area contributed by atoms with E-state index >= 15 is 0 Å². The molecular weight excluding hydrogens is 299 g/mol. The van der Waals surface area contributed by atoms with Crippen LogP contribution in [0.2, 0.25) is 0 Å². The molecule has 0 saturated carbocycles. The summed E-state index contributed by atoms with van der Waals surface area (Å²) in [4.78, 5) is 10.7. The van der Waals surface area contributed by atoms with Crippen LogP contribution in [0.15, 0.2) is 23.1 Å². The minimum atomic E-state index is -4.10. The summed E-state index contributed by atoms with van der Waals surface area (Å²) in [6.07, 6.45) is 0.165. The highest BCUT2D eigenvalue weighted by Crippen LogP contribution is 2.34. The lowest BCUT2D eigenvalue weighted by Gasteiger charge is -2.20. The quantitative estimate of drug-likeness (QED) is 0.903. The van der Waals surface area contributed by atoms with Gasteiger partial charge >= 0.3 is 5.97 Å². The minimum Gasteiger partial charge on any atom is -0.481 e. The van der Waals surface area contributed by atoms with Gasteiger partial charge < -0.3 is 5.11 Å². The van der Waals surface area contributed by atoms with Crippen LogP contribution in [0, 0.1) is 22.6 Å². The van der Waals surface area contributed by atoms with Crippen LogP contribution < -0.4 is 0 Å². The second-order valence-electron chi connectivity index (χ2n) is 5.18. The Morgan fingerprint density at radius 1 is 1.52 bits per heavy atom. The molecule has 8 heteroatoms. The zero-order valence-corrected chi connectivity index (χ0v) is 12.0. The summed E-state index contributed by atoms with van der Waals surface area (Å²) in [5.74, 6) is -2.00. The van der Waals surface area contributed by atoms with E-state index in [0.29, 0.717) is 0 Å². The lowest BCUT2D eigenvalue weighted by molar-refractivity contribution is -0.146. The van der Waals surface area contributed by atoms with Crippen LogP contribution in [0.3, 0.4) is 0 Å². The summed E-state index contributed by atoms with van der Waals surface area (Å²) >= 11 is 0. The third-order valence-electron chi connectivity index (χ3n) is 3.66. The van der Waals surface area contributed by atoms with Crippen LogP contribution in [0.4, 0.5) is 4.39 Å². The topological polar surface area (TPSA) is 98.5 Å². The average molecular weight is 312 g/mol. The molecule has 21 heavy (non-hydrogen) atoms. The number of rotatable bonds is 3. The largest absolute Gasteiger partial charge is 0.481 e. The molecule has 6 nitrogen and oxygen atoms in total. The summed E-state index contributed by atoms with van der Waals surface area (Å²) in [6, 6.07) is 4.89. The molecule has 0 radical (unpaired) electrons. The second kappa shape index (κ2) is 5.09. The molecule has 0 amide bonds. The van der Waals surface area contributed by atoms with Gasteiger partial charge in [-0.15, -0.1) is 0 Å². The molecule has 0 bridgehead atoms. The van der Waals surface area contributed by atoms with E-state index in [0.717, 1.165) is 16.4 Å². The van der Waals surface area contributed by atoms with Crippen molar-refractivity contribution in [2.24, 2.45) is 5.41 Å². The Morgan fingerprint density at radius 3 is 2.71 bits per heavy atom. The number of halogens is 1. The molecule has 0 aromatic heterocycles. The third kappa shape index (κ3) is 2.50. The van der Waals surface area contributed by atoms with Gasteiger partial charge in [0.1, 0.15) is 22.3 Å². The number of hydrogen-bond donors (Lipinski definition) is 1.